The van der Waals surface area contributed by atoms with Gasteiger partial charge in [-0.15, -0.1) is 0 Å². The maximum Gasteiger partial charge on any atom is 0.308 e. The quantitative estimate of drug-likeness (QED) is 0.892. The van der Waals surface area contributed by atoms with Gasteiger partial charge in [0.25, 0.3) is 5.91 Å². The highest BCUT2D eigenvalue weighted by Gasteiger charge is 2.33. The smallest absolute Gasteiger partial charge is 0.308 e. The van der Waals surface area contributed by atoms with E-state index in [2.05, 4.69) is 26.2 Å². The molecule has 1 aliphatic rings. The topological polar surface area (TPSA) is 79.3 Å². The van der Waals surface area contributed by atoms with Gasteiger partial charge in [0.2, 0.25) is 0 Å². The van der Waals surface area contributed by atoms with Gasteiger partial charge in [-0.2, -0.15) is 0 Å². The van der Waals surface area contributed by atoms with E-state index in [1.54, 1.807) is 12.3 Å². The summed E-state index contributed by atoms with van der Waals surface area (Å²) in [6.07, 6.45) is 5.22. The van der Waals surface area contributed by atoms with E-state index < -0.39 is 11.9 Å². The van der Waals surface area contributed by atoms with Crippen molar-refractivity contribution in [1.82, 2.24) is 10.3 Å². The van der Waals surface area contributed by atoms with Gasteiger partial charge in [0.05, 0.1) is 11.5 Å². The van der Waals surface area contributed by atoms with Gasteiger partial charge in [0.1, 0.15) is 0 Å². The van der Waals surface area contributed by atoms with Gasteiger partial charge in [0, 0.05) is 22.9 Å². The highest BCUT2D eigenvalue weighted by molar-refractivity contribution is 9.10. The summed E-state index contributed by atoms with van der Waals surface area (Å²) in [7, 11) is 0. The molecule has 1 aromatic rings. The second-order valence-electron chi connectivity index (χ2n) is 4.35. The maximum absolute atomic E-state index is 12.0. The number of aromatic nitrogens is 1. The molecule has 96 valence electrons. The van der Waals surface area contributed by atoms with Gasteiger partial charge in [-0.05, 0) is 34.8 Å². The van der Waals surface area contributed by atoms with Crippen LogP contribution in [0.3, 0.4) is 0 Å². The Hall–Kier alpha value is -1.43. The molecule has 0 bridgehead atoms. The first-order valence-corrected chi connectivity index (χ1v) is 6.51. The van der Waals surface area contributed by atoms with Crippen molar-refractivity contribution in [2.75, 3.05) is 0 Å². The normalized spacial score (nSPS) is 22.7. The number of nitrogens with one attached hydrogen (secondary N) is 1. The monoisotopic (exact) mass is 312 g/mol. The lowest BCUT2D eigenvalue weighted by Crippen LogP contribution is -2.40. The average Bonchev–Trinajstić information content (AvgIpc) is 2.77. The van der Waals surface area contributed by atoms with E-state index in [9.17, 15) is 9.59 Å². The second kappa shape index (κ2) is 5.48. The predicted octanol–water partition coefficient (Wildman–Crippen LogP) is 1.83. The molecule has 1 aliphatic carbocycles. The zero-order valence-corrected chi connectivity index (χ0v) is 11.2. The molecular weight excluding hydrogens is 300 g/mol. The van der Waals surface area contributed by atoms with E-state index in [0.29, 0.717) is 18.4 Å². The minimum absolute atomic E-state index is 0.276. The van der Waals surface area contributed by atoms with Crippen molar-refractivity contribution in [1.29, 1.82) is 0 Å². The summed E-state index contributed by atoms with van der Waals surface area (Å²) in [4.78, 5) is 26.9. The van der Waals surface area contributed by atoms with Crippen LogP contribution in [0, 0.1) is 5.92 Å². The molecular formula is C12H13BrN2O3. The number of halogens is 1. The molecule has 1 amide bonds. The van der Waals surface area contributed by atoms with Gasteiger partial charge in [-0.3, -0.25) is 14.6 Å². The van der Waals surface area contributed by atoms with Crippen LogP contribution in [0.4, 0.5) is 0 Å². The number of hydrogen-bond donors (Lipinski definition) is 2. The lowest BCUT2D eigenvalue weighted by Gasteiger charge is -2.17. The molecule has 1 fully saturated rings. The number of carbonyl (C=O) groups is 2. The Morgan fingerprint density at radius 3 is 2.83 bits per heavy atom. The Kier molecular flexibility index (Phi) is 3.96. The molecule has 18 heavy (non-hydrogen) atoms. The molecule has 0 aromatic carbocycles. The number of rotatable bonds is 3. The zero-order chi connectivity index (χ0) is 13.1. The largest absolute Gasteiger partial charge is 0.481 e. The van der Waals surface area contributed by atoms with Crippen LogP contribution in [0.15, 0.2) is 22.9 Å². The van der Waals surface area contributed by atoms with E-state index in [1.807, 2.05) is 0 Å². The van der Waals surface area contributed by atoms with Gasteiger partial charge in [-0.25, -0.2) is 0 Å². The Bertz CT molecular complexity index is 478. The van der Waals surface area contributed by atoms with Crippen LogP contribution >= 0.6 is 15.9 Å². The highest BCUT2D eigenvalue weighted by Crippen LogP contribution is 2.26. The van der Waals surface area contributed by atoms with Crippen LogP contribution in [0.25, 0.3) is 0 Å². The molecule has 1 heterocycles. The van der Waals surface area contributed by atoms with Crippen LogP contribution < -0.4 is 5.32 Å². The van der Waals surface area contributed by atoms with Gasteiger partial charge in [0.15, 0.2) is 0 Å². The van der Waals surface area contributed by atoms with E-state index in [4.69, 9.17) is 5.11 Å². The first kappa shape index (κ1) is 13.0. The summed E-state index contributed by atoms with van der Waals surface area (Å²) in [6, 6.07) is 1.38. The minimum Gasteiger partial charge on any atom is -0.481 e. The van der Waals surface area contributed by atoms with Crippen molar-refractivity contribution < 1.29 is 14.7 Å². The standard InChI is InChI=1S/C12H13BrN2O3/c13-8-4-7(5-14-6-8)11(16)15-10-3-1-2-9(10)12(17)18/h4-6,9-10H,1-3H2,(H,15,16)(H,17,18). The van der Waals surface area contributed by atoms with Crippen molar-refractivity contribution in [3.8, 4) is 0 Å². The maximum atomic E-state index is 12.0. The number of carboxylic acid groups (broad SMARTS) is 1. The summed E-state index contributed by atoms with van der Waals surface area (Å²) in [5.41, 5.74) is 0.431. The molecule has 2 N–H and O–H groups in total. The summed E-state index contributed by atoms with van der Waals surface area (Å²) < 4.78 is 0.719. The zero-order valence-electron chi connectivity index (χ0n) is 9.60. The highest BCUT2D eigenvalue weighted by atomic mass is 79.9. The molecule has 0 aliphatic heterocycles. The predicted molar refractivity (Wildman–Crippen MR) is 68.2 cm³/mol. The SMILES string of the molecule is O=C(NC1CCCC1C(=O)O)c1cncc(Br)c1. The average molecular weight is 313 g/mol. The number of aliphatic carboxylic acids is 1. The summed E-state index contributed by atoms with van der Waals surface area (Å²) in [6.45, 7) is 0. The molecule has 0 saturated heterocycles. The molecule has 0 radical (unpaired) electrons. The van der Waals surface area contributed by atoms with E-state index >= 15 is 0 Å². The number of pyridine rings is 1. The summed E-state index contributed by atoms with van der Waals surface area (Å²) in [5, 5.41) is 11.8. The van der Waals surface area contributed by atoms with Crippen LogP contribution in [0.5, 0.6) is 0 Å². The first-order chi connectivity index (χ1) is 8.58. The van der Waals surface area contributed by atoms with Crippen molar-refractivity contribution in [2.24, 2.45) is 5.92 Å². The fraction of sp³-hybridized carbons (Fsp3) is 0.417. The van der Waals surface area contributed by atoms with Crippen molar-refractivity contribution >= 4 is 27.8 Å². The Balaban J connectivity index is 2.05. The van der Waals surface area contributed by atoms with E-state index in [1.165, 1.54) is 6.20 Å². The molecule has 5 nitrogen and oxygen atoms in total. The fourth-order valence-corrected chi connectivity index (χ4v) is 2.58. The lowest BCUT2D eigenvalue weighted by atomic mass is 10.0. The molecule has 1 aromatic heterocycles. The van der Waals surface area contributed by atoms with E-state index in [0.717, 1.165) is 10.9 Å². The third-order valence-electron chi connectivity index (χ3n) is 3.12. The third kappa shape index (κ3) is 2.87. The van der Waals surface area contributed by atoms with Crippen LogP contribution in [-0.4, -0.2) is 28.0 Å². The fourth-order valence-electron chi connectivity index (χ4n) is 2.22. The van der Waals surface area contributed by atoms with Crippen LogP contribution in [0.2, 0.25) is 0 Å². The van der Waals surface area contributed by atoms with Gasteiger partial charge in [-0.1, -0.05) is 6.42 Å². The lowest BCUT2D eigenvalue weighted by molar-refractivity contribution is -0.142. The minimum atomic E-state index is -0.842. The number of amides is 1. The molecule has 1 saturated carbocycles. The number of hydrogen-bond acceptors (Lipinski definition) is 3. The molecule has 2 atom stereocenters. The number of carbonyl (C=O) groups excluding carboxylic acids is 1. The van der Waals surface area contributed by atoms with Crippen molar-refractivity contribution in [3.05, 3.63) is 28.5 Å². The van der Waals surface area contributed by atoms with Crippen LogP contribution in [-0.2, 0) is 4.79 Å². The molecule has 2 rings (SSSR count). The Morgan fingerprint density at radius 2 is 2.17 bits per heavy atom. The van der Waals surface area contributed by atoms with Crippen molar-refractivity contribution in [3.63, 3.8) is 0 Å². The first-order valence-electron chi connectivity index (χ1n) is 5.72. The molecule has 0 spiro atoms. The summed E-state index contributed by atoms with van der Waals surface area (Å²) >= 11 is 3.24. The molecule has 2 unspecified atom stereocenters. The number of nitrogens with zero attached hydrogens (tertiary/aromatic N) is 1. The summed E-state index contributed by atoms with van der Waals surface area (Å²) in [5.74, 6) is -1.60. The van der Waals surface area contributed by atoms with Crippen molar-refractivity contribution in [2.45, 2.75) is 25.3 Å². The molecule has 6 heteroatoms. The number of carboxylic acids is 1. The van der Waals surface area contributed by atoms with Gasteiger partial charge >= 0.3 is 5.97 Å². The van der Waals surface area contributed by atoms with Crippen LogP contribution in [0.1, 0.15) is 29.6 Å². The second-order valence-corrected chi connectivity index (χ2v) is 5.26. The van der Waals surface area contributed by atoms with Gasteiger partial charge < -0.3 is 10.4 Å². The Labute approximate surface area is 113 Å². The van der Waals surface area contributed by atoms with E-state index in [-0.39, 0.29) is 11.9 Å². The third-order valence-corrected chi connectivity index (χ3v) is 3.55. The Morgan fingerprint density at radius 1 is 1.39 bits per heavy atom.